The molecule has 21 nitrogen and oxygen atoms in total. The number of aliphatic hydroxyl groups excluding tert-OH is 9. The summed E-state index contributed by atoms with van der Waals surface area (Å²) in [5.41, 5.74) is 7.19. The number of carbonyl (C=O) groups is 2. The topological polar surface area (TPSA) is 348 Å². The van der Waals surface area contributed by atoms with E-state index in [0.29, 0.717) is 0 Å². The quantitative estimate of drug-likeness (QED) is 0.106. The molecule has 2 fully saturated rings. The molecule has 2 bridgehead atoms. The number of amides is 2. The molecular formula is C48H76N5O16+. The summed E-state index contributed by atoms with van der Waals surface area (Å²) in [5.74, 6) is -3.73. The van der Waals surface area contributed by atoms with E-state index in [1.807, 2.05) is 31.2 Å². The van der Waals surface area contributed by atoms with Crippen LogP contribution in [0.2, 0.25) is 0 Å². The summed E-state index contributed by atoms with van der Waals surface area (Å²) < 4.78 is 23.6. The maximum atomic E-state index is 12.7. The Labute approximate surface area is 403 Å². The van der Waals surface area contributed by atoms with Crippen LogP contribution in [0.3, 0.4) is 0 Å². The molecule has 2 saturated heterocycles. The third kappa shape index (κ3) is 20.2. The number of nitrogens with zero attached hydrogens (tertiary/aromatic N) is 2. The number of aliphatic hydroxyl groups is 10. The molecule has 0 aromatic rings. The molecule has 69 heavy (non-hydrogen) atoms. The second kappa shape index (κ2) is 29.8. The minimum absolute atomic E-state index is 0.101. The van der Waals surface area contributed by atoms with Crippen molar-refractivity contribution < 1.29 is 79.6 Å². The molecule has 0 saturated carbocycles. The van der Waals surface area contributed by atoms with Gasteiger partial charge in [-0.05, 0) is 33.1 Å². The van der Waals surface area contributed by atoms with Gasteiger partial charge in [0.25, 0.3) is 0 Å². The lowest BCUT2D eigenvalue weighted by Crippen LogP contribution is -2.63. The first-order valence-corrected chi connectivity index (χ1v) is 23.4. The Kier molecular flexibility index (Phi) is 25.5. The maximum Gasteiger partial charge on any atom is 0.314 e. The first kappa shape index (κ1) is 59.0. The molecule has 388 valence electrons. The van der Waals surface area contributed by atoms with Crippen molar-refractivity contribution in [2.45, 2.75) is 183 Å². The lowest BCUT2D eigenvalue weighted by atomic mass is 9.87. The number of ether oxygens (including phenoxy) is 4. The SMILES string of the molecule is CNC(=O)NC1[C@@H]2CC(OC3O[C@H](C)C(O)[C@H](N=[N+]=N)[C@@H]3O)/C=C/C=C/C=C/C=C/C=C/C=C/C=C/[C@H](C)C(O)[C@@H](C)[C@H](C)OC(=O)CC(O)CC(O)CCC(O)C(O)CC(O)CC(O)(C[C@@H]1O)O2. The smallest absolute Gasteiger partial charge is 0.314 e. The Balaban J connectivity index is 1.92. The molecular weight excluding hydrogens is 903 g/mol. The van der Waals surface area contributed by atoms with Gasteiger partial charge in [-0.15, -0.1) is 0 Å². The zero-order valence-electron chi connectivity index (χ0n) is 39.9. The van der Waals surface area contributed by atoms with Gasteiger partial charge in [-0.3, -0.25) is 4.79 Å². The van der Waals surface area contributed by atoms with E-state index in [1.54, 1.807) is 74.6 Å². The molecule has 13 N–H and O–H groups in total. The van der Waals surface area contributed by atoms with Crippen LogP contribution in [0.5, 0.6) is 0 Å². The fourth-order valence-corrected chi connectivity index (χ4v) is 8.21. The van der Waals surface area contributed by atoms with E-state index >= 15 is 0 Å². The van der Waals surface area contributed by atoms with E-state index in [-0.39, 0.29) is 31.6 Å². The first-order valence-electron chi connectivity index (χ1n) is 23.4. The Hall–Kier alpha value is -4.29. The normalized spacial score (nSPS) is 43.3. The second-order valence-corrected chi connectivity index (χ2v) is 18.1. The molecule has 11 unspecified atom stereocenters. The van der Waals surface area contributed by atoms with Gasteiger partial charge < -0.3 is 80.6 Å². The molecule has 19 atom stereocenters. The molecule has 21 heteroatoms. The highest BCUT2D eigenvalue weighted by Gasteiger charge is 2.50. The van der Waals surface area contributed by atoms with E-state index in [9.17, 15) is 60.7 Å². The van der Waals surface area contributed by atoms with Crippen LogP contribution in [0.1, 0.15) is 79.1 Å². The molecule has 2 amide bonds. The number of rotatable bonds is 4. The predicted octanol–water partition coefficient (Wildman–Crippen LogP) is 0.900. The fraction of sp³-hybridized carbons (Fsp3) is 0.667. The van der Waals surface area contributed by atoms with Gasteiger partial charge in [-0.25, -0.2) is 4.79 Å². The molecule has 3 aliphatic heterocycles. The largest absolute Gasteiger partial charge is 0.462 e. The van der Waals surface area contributed by atoms with Crippen molar-refractivity contribution in [3.05, 3.63) is 85.1 Å². The highest BCUT2D eigenvalue weighted by atomic mass is 16.7. The Morgan fingerprint density at radius 3 is 1.91 bits per heavy atom. The number of esters is 1. The van der Waals surface area contributed by atoms with Gasteiger partial charge in [0.15, 0.2) is 18.1 Å². The van der Waals surface area contributed by atoms with Gasteiger partial charge >= 0.3 is 12.0 Å². The van der Waals surface area contributed by atoms with E-state index in [0.717, 1.165) is 0 Å². The number of hydrogen-bond donors (Lipinski definition) is 13. The fourth-order valence-electron chi connectivity index (χ4n) is 8.21. The number of cyclic esters (lactones) is 1. The molecule has 3 aliphatic rings. The third-order valence-electron chi connectivity index (χ3n) is 12.4. The molecule has 0 spiro atoms. The number of allylic oxidation sites excluding steroid dienone is 12. The summed E-state index contributed by atoms with van der Waals surface area (Å²) in [6, 6.07) is -3.15. The van der Waals surface area contributed by atoms with Gasteiger partial charge in [-0.2, -0.15) is 0 Å². The van der Waals surface area contributed by atoms with Crippen LogP contribution in [0.15, 0.2) is 90.2 Å². The Morgan fingerprint density at radius 1 is 0.725 bits per heavy atom. The minimum atomic E-state index is -2.26. The summed E-state index contributed by atoms with van der Waals surface area (Å²) >= 11 is 0. The number of nitrogens with one attached hydrogen (secondary N) is 3. The van der Waals surface area contributed by atoms with Crippen LogP contribution in [0, 0.1) is 17.4 Å². The Bertz CT molecular complexity index is 1840. The predicted molar refractivity (Wildman–Crippen MR) is 250 cm³/mol. The van der Waals surface area contributed by atoms with Crippen LogP contribution >= 0.6 is 0 Å². The van der Waals surface area contributed by atoms with Gasteiger partial charge in [-0.1, -0.05) is 98.9 Å². The summed E-state index contributed by atoms with van der Waals surface area (Å²) in [7, 11) is 1.36. The van der Waals surface area contributed by atoms with Crippen molar-refractivity contribution in [2.24, 2.45) is 17.0 Å². The van der Waals surface area contributed by atoms with Crippen LogP contribution < -0.4 is 15.5 Å². The number of urea groups is 1. The maximum absolute atomic E-state index is 12.7. The first-order chi connectivity index (χ1) is 32.7. The van der Waals surface area contributed by atoms with Crippen molar-refractivity contribution in [1.29, 1.82) is 5.53 Å². The van der Waals surface area contributed by atoms with Crippen molar-refractivity contribution in [2.75, 3.05) is 7.05 Å². The lowest BCUT2D eigenvalue weighted by molar-refractivity contribution is -0.303. The highest BCUT2D eigenvalue weighted by Crippen LogP contribution is 2.35. The van der Waals surface area contributed by atoms with E-state index in [4.69, 9.17) is 24.5 Å². The van der Waals surface area contributed by atoms with E-state index < -0.39 is 147 Å². The molecule has 0 aromatic carbocycles. The van der Waals surface area contributed by atoms with Crippen LogP contribution in [0.4, 0.5) is 4.79 Å². The molecule has 3 heterocycles. The average Bonchev–Trinajstić information content (AvgIpc) is 3.28. The molecule has 0 aliphatic carbocycles. The van der Waals surface area contributed by atoms with E-state index in [1.165, 1.54) is 14.0 Å². The number of fused-ring (bicyclic) bond motifs is 2. The summed E-state index contributed by atoms with van der Waals surface area (Å²) in [6.07, 6.45) is 4.10. The van der Waals surface area contributed by atoms with Crippen LogP contribution in [-0.2, 0) is 23.7 Å². The lowest BCUT2D eigenvalue weighted by Gasteiger charge is -2.46. The highest BCUT2D eigenvalue weighted by molar-refractivity contribution is 5.74. The summed E-state index contributed by atoms with van der Waals surface area (Å²) in [6.45, 7) is 6.73. The third-order valence-corrected chi connectivity index (χ3v) is 12.4. The molecule has 0 aromatic heterocycles. The van der Waals surface area contributed by atoms with Gasteiger partial charge in [0.05, 0.1) is 73.5 Å². The van der Waals surface area contributed by atoms with Gasteiger partial charge in [0.2, 0.25) is 4.91 Å². The van der Waals surface area contributed by atoms with Crippen molar-refractivity contribution in [3.63, 3.8) is 0 Å². The zero-order chi connectivity index (χ0) is 51.3. The van der Waals surface area contributed by atoms with E-state index in [2.05, 4.69) is 20.7 Å². The Morgan fingerprint density at radius 2 is 1.32 bits per heavy atom. The summed E-state index contributed by atoms with van der Waals surface area (Å²) in [4.78, 5) is 28.2. The van der Waals surface area contributed by atoms with Crippen molar-refractivity contribution in [1.82, 2.24) is 15.5 Å². The molecule has 3 rings (SSSR count). The minimum Gasteiger partial charge on any atom is -0.462 e. The number of hydrogen-bond acceptors (Lipinski definition) is 18. The second-order valence-electron chi connectivity index (χ2n) is 18.1. The molecule has 0 radical (unpaired) electrons. The average molecular weight is 979 g/mol. The zero-order valence-corrected chi connectivity index (χ0v) is 39.9. The number of carbonyl (C=O) groups excluding carboxylic acids is 2. The van der Waals surface area contributed by atoms with Gasteiger partial charge in [0, 0.05) is 44.6 Å². The van der Waals surface area contributed by atoms with Crippen molar-refractivity contribution >= 4 is 12.0 Å². The standard InChI is InChI=1S/C48H75N5O16/c1-28-18-16-14-12-10-8-6-7-9-11-13-15-17-19-35(68-46-45(63)42(52-53-49)44(62)31(4)67-46)25-39-41(51-47(64)50-5)38(59)27-48(65,69-39)26-34(56)23-37(58)36(57)21-20-32(54)22-33(55)24-40(60)66-30(3)29(2)43(28)61/h6-19,28-39,41-46,49,54-59,61-63,65H,20-27H2,1-5H3,(H-,50,51,64)/p+1/b7-6+,10-8+,11-9+,14-12+,15-13+,18-16+,19-17+/t28-,29-,30-,31+,32?,33?,34?,35?,36?,37?,38-,39-,41?,42-,43?,44?,45-,46?,48?/m0/s1. The monoisotopic (exact) mass is 979 g/mol. The van der Waals surface area contributed by atoms with Crippen molar-refractivity contribution in [3.8, 4) is 0 Å². The summed E-state index contributed by atoms with van der Waals surface area (Å²) in [5, 5.41) is 118. The van der Waals surface area contributed by atoms with Gasteiger partial charge in [0.1, 0.15) is 29.0 Å². The van der Waals surface area contributed by atoms with Crippen LogP contribution in [0.25, 0.3) is 0 Å². The van der Waals surface area contributed by atoms with Crippen LogP contribution in [-0.4, -0.2) is 174 Å².